The third-order valence-electron chi connectivity index (χ3n) is 3.42. The van der Waals surface area contributed by atoms with Gasteiger partial charge in [-0.2, -0.15) is 13.2 Å². The molecule has 1 aromatic heterocycles. The lowest BCUT2D eigenvalue weighted by atomic mass is 10.1. The molecule has 0 aliphatic rings. The molecule has 4 nitrogen and oxygen atoms in total. The van der Waals surface area contributed by atoms with Gasteiger partial charge in [0.25, 0.3) is 0 Å². The zero-order valence-corrected chi connectivity index (χ0v) is 14.1. The summed E-state index contributed by atoms with van der Waals surface area (Å²) in [6.45, 7) is 0.319. The van der Waals surface area contributed by atoms with Crippen molar-refractivity contribution >= 4 is 17.5 Å². The summed E-state index contributed by atoms with van der Waals surface area (Å²) < 4.78 is 42.9. The second kappa shape index (κ2) is 8.20. The average Bonchev–Trinajstić information content (AvgIpc) is 2.56. The first-order valence-corrected chi connectivity index (χ1v) is 7.78. The van der Waals surface area contributed by atoms with E-state index in [1.54, 1.807) is 7.05 Å². The maximum atomic E-state index is 12.5. The van der Waals surface area contributed by atoms with Crippen LogP contribution in [0.15, 0.2) is 42.6 Å². The monoisotopic (exact) mass is 372 g/mol. The highest BCUT2D eigenvalue weighted by atomic mass is 35.5. The Morgan fingerprint density at radius 1 is 1.28 bits per heavy atom. The van der Waals surface area contributed by atoms with Crippen molar-refractivity contribution in [3.8, 4) is 5.88 Å². The summed E-state index contributed by atoms with van der Waals surface area (Å²) in [4.78, 5) is 17.1. The van der Waals surface area contributed by atoms with Crippen LogP contribution in [0.25, 0.3) is 0 Å². The quantitative estimate of drug-likeness (QED) is 0.774. The predicted molar refractivity (Wildman–Crippen MR) is 87.5 cm³/mol. The molecule has 2 aromatic rings. The van der Waals surface area contributed by atoms with E-state index >= 15 is 0 Å². The highest BCUT2D eigenvalue weighted by Crippen LogP contribution is 2.33. The third-order valence-corrected chi connectivity index (χ3v) is 3.69. The second-order valence-electron chi connectivity index (χ2n) is 5.33. The first-order chi connectivity index (χ1) is 11.8. The van der Waals surface area contributed by atoms with Crippen LogP contribution in [-0.2, 0) is 17.4 Å². The number of amides is 1. The van der Waals surface area contributed by atoms with Gasteiger partial charge in [0.2, 0.25) is 11.8 Å². The van der Waals surface area contributed by atoms with Crippen LogP contribution in [0.2, 0.25) is 5.02 Å². The largest absolute Gasteiger partial charge is 0.475 e. The van der Waals surface area contributed by atoms with Crippen molar-refractivity contribution in [1.29, 1.82) is 0 Å². The molecule has 2 rings (SSSR count). The number of carbonyl (C=O) groups is 1. The van der Waals surface area contributed by atoms with Gasteiger partial charge in [0.05, 0.1) is 18.5 Å². The zero-order valence-electron chi connectivity index (χ0n) is 13.4. The lowest BCUT2D eigenvalue weighted by molar-refractivity contribution is -0.138. The molecule has 0 bridgehead atoms. The van der Waals surface area contributed by atoms with E-state index in [2.05, 4.69) is 4.98 Å². The number of halogens is 4. The smallest absolute Gasteiger partial charge is 0.417 e. The summed E-state index contributed by atoms with van der Waals surface area (Å²) in [5.74, 6) is -0.195. The van der Waals surface area contributed by atoms with Gasteiger partial charge in [-0.3, -0.25) is 4.79 Å². The van der Waals surface area contributed by atoms with Crippen molar-refractivity contribution in [1.82, 2.24) is 9.88 Å². The molecule has 0 spiro atoms. The molecule has 0 unspecified atom stereocenters. The summed E-state index contributed by atoms with van der Waals surface area (Å²) in [5, 5.41) is -0.229. The molecule has 0 aliphatic carbocycles. The summed E-state index contributed by atoms with van der Waals surface area (Å²) in [6.07, 6.45) is -3.60. The molecule has 0 saturated heterocycles. The first kappa shape index (κ1) is 19.1. The van der Waals surface area contributed by atoms with Crippen LogP contribution in [0.5, 0.6) is 5.88 Å². The van der Waals surface area contributed by atoms with Crippen LogP contribution < -0.4 is 4.74 Å². The molecule has 8 heteroatoms. The molecule has 0 radical (unpaired) electrons. The number of benzene rings is 1. The summed E-state index contributed by atoms with van der Waals surface area (Å²) >= 11 is 5.75. The number of aromatic nitrogens is 1. The molecule has 134 valence electrons. The predicted octanol–water partition coefficient (Wildman–Crippen LogP) is 3.83. The van der Waals surface area contributed by atoms with Gasteiger partial charge in [-0.15, -0.1) is 0 Å². The van der Waals surface area contributed by atoms with Gasteiger partial charge >= 0.3 is 6.18 Å². The average molecular weight is 373 g/mol. The van der Waals surface area contributed by atoms with Crippen LogP contribution >= 0.6 is 11.6 Å². The van der Waals surface area contributed by atoms with Gasteiger partial charge in [0.15, 0.2) is 0 Å². The summed E-state index contributed by atoms with van der Waals surface area (Å²) in [7, 11) is 1.62. The molecule has 0 fully saturated rings. The first-order valence-electron chi connectivity index (χ1n) is 7.41. The van der Waals surface area contributed by atoms with E-state index in [1.807, 2.05) is 30.3 Å². The zero-order chi connectivity index (χ0) is 18.4. The number of rotatable bonds is 6. The van der Waals surface area contributed by atoms with E-state index < -0.39 is 11.7 Å². The fourth-order valence-electron chi connectivity index (χ4n) is 2.00. The summed E-state index contributed by atoms with van der Waals surface area (Å²) in [6, 6.07) is 10.0. The molecule has 25 heavy (non-hydrogen) atoms. The van der Waals surface area contributed by atoms with Crippen molar-refractivity contribution in [3.05, 3.63) is 58.7 Å². The number of carbonyl (C=O) groups excluding carboxylic acids is 1. The van der Waals surface area contributed by atoms with Crippen LogP contribution in [0.1, 0.15) is 11.1 Å². The van der Waals surface area contributed by atoms with E-state index in [0.717, 1.165) is 11.6 Å². The van der Waals surface area contributed by atoms with Crippen molar-refractivity contribution in [3.63, 3.8) is 0 Å². The molecule has 1 amide bonds. The number of nitrogens with zero attached hydrogens (tertiary/aromatic N) is 2. The minimum atomic E-state index is -4.51. The van der Waals surface area contributed by atoms with E-state index in [1.165, 1.54) is 4.90 Å². The Morgan fingerprint density at radius 3 is 2.56 bits per heavy atom. The fourth-order valence-corrected chi connectivity index (χ4v) is 2.22. The molecule has 1 aromatic carbocycles. The molecule has 0 saturated carbocycles. The topological polar surface area (TPSA) is 42.4 Å². The molecular weight excluding hydrogens is 357 g/mol. The summed E-state index contributed by atoms with van der Waals surface area (Å²) in [5.41, 5.74) is -0.0484. The van der Waals surface area contributed by atoms with Crippen LogP contribution in [0.3, 0.4) is 0 Å². The van der Waals surface area contributed by atoms with E-state index in [0.29, 0.717) is 6.20 Å². The SMILES string of the molecule is CN(CCOc1ncc(C(F)(F)F)cc1Cl)C(=O)Cc1ccccc1. The molecule has 0 aliphatic heterocycles. The van der Waals surface area contributed by atoms with Crippen molar-refractivity contribution < 1.29 is 22.7 Å². The normalized spacial score (nSPS) is 11.2. The van der Waals surface area contributed by atoms with Crippen molar-refractivity contribution in [2.24, 2.45) is 0 Å². The second-order valence-corrected chi connectivity index (χ2v) is 5.74. The Balaban J connectivity index is 1.84. The van der Waals surface area contributed by atoms with Gasteiger partial charge in [-0.25, -0.2) is 4.98 Å². The molecule has 0 atom stereocenters. The lowest BCUT2D eigenvalue weighted by Crippen LogP contribution is -2.32. The number of hydrogen-bond donors (Lipinski definition) is 0. The maximum absolute atomic E-state index is 12.5. The minimum Gasteiger partial charge on any atom is -0.475 e. The number of hydrogen-bond acceptors (Lipinski definition) is 3. The Kier molecular flexibility index (Phi) is 6.25. The van der Waals surface area contributed by atoms with E-state index in [9.17, 15) is 18.0 Å². The van der Waals surface area contributed by atoms with Gasteiger partial charge in [-0.1, -0.05) is 41.9 Å². The van der Waals surface area contributed by atoms with Gasteiger partial charge < -0.3 is 9.64 Å². The highest BCUT2D eigenvalue weighted by molar-refractivity contribution is 6.31. The Bertz CT molecular complexity index is 724. The number of alkyl halides is 3. The van der Waals surface area contributed by atoms with Gasteiger partial charge in [0, 0.05) is 13.2 Å². The maximum Gasteiger partial charge on any atom is 0.417 e. The molecule has 0 N–H and O–H groups in total. The van der Waals surface area contributed by atoms with Gasteiger partial charge in [-0.05, 0) is 11.6 Å². The minimum absolute atomic E-state index is 0.0646. The van der Waals surface area contributed by atoms with Crippen molar-refractivity contribution in [2.45, 2.75) is 12.6 Å². The fraction of sp³-hybridized carbons (Fsp3) is 0.294. The third kappa shape index (κ3) is 5.63. The standard InChI is InChI=1S/C17H16ClF3N2O2/c1-23(15(24)9-12-5-3-2-4-6-12)7-8-25-16-14(18)10-13(11-22-16)17(19,20)21/h2-6,10-11H,7-9H2,1H3. The number of likely N-dealkylation sites (N-methyl/N-ethyl adjacent to an activating group) is 1. The lowest BCUT2D eigenvalue weighted by Gasteiger charge is -2.17. The van der Waals surface area contributed by atoms with Crippen LogP contribution in [0, 0.1) is 0 Å². The Labute approximate surface area is 148 Å². The Hall–Kier alpha value is -2.28. The number of ether oxygens (including phenoxy) is 1. The Morgan fingerprint density at radius 2 is 1.96 bits per heavy atom. The van der Waals surface area contributed by atoms with E-state index in [-0.39, 0.29) is 36.4 Å². The van der Waals surface area contributed by atoms with Crippen molar-refractivity contribution in [2.75, 3.05) is 20.2 Å². The van der Waals surface area contributed by atoms with E-state index in [4.69, 9.17) is 16.3 Å². The highest BCUT2D eigenvalue weighted by Gasteiger charge is 2.31. The van der Waals surface area contributed by atoms with Gasteiger partial charge in [0.1, 0.15) is 11.6 Å². The van der Waals surface area contributed by atoms with Crippen LogP contribution in [-0.4, -0.2) is 36.0 Å². The molecule has 1 heterocycles. The number of pyridine rings is 1. The molecular formula is C17H16ClF3N2O2. The van der Waals surface area contributed by atoms with Crippen LogP contribution in [0.4, 0.5) is 13.2 Å².